The summed E-state index contributed by atoms with van der Waals surface area (Å²) in [7, 11) is -3.86. The van der Waals surface area contributed by atoms with Crippen LogP contribution in [0.3, 0.4) is 0 Å². The van der Waals surface area contributed by atoms with Gasteiger partial charge in [-0.2, -0.15) is 0 Å². The maximum atomic E-state index is 13.7. The second-order valence-electron chi connectivity index (χ2n) is 11.0. The van der Waals surface area contributed by atoms with Crippen LogP contribution in [0.4, 0.5) is 5.69 Å². The van der Waals surface area contributed by atoms with E-state index >= 15 is 0 Å². The van der Waals surface area contributed by atoms with E-state index in [-0.39, 0.29) is 28.3 Å². The van der Waals surface area contributed by atoms with Crippen molar-refractivity contribution in [2.75, 3.05) is 4.31 Å². The number of nitrogens with zero attached hydrogens (tertiary/aromatic N) is 1. The molecular formula is C29H35ClN2O3S. The van der Waals surface area contributed by atoms with Gasteiger partial charge >= 0.3 is 0 Å². The van der Waals surface area contributed by atoms with E-state index in [1.165, 1.54) is 4.31 Å². The average molecular weight is 527 g/mol. The molecule has 0 aliphatic carbocycles. The van der Waals surface area contributed by atoms with Gasteiger partial charge < -0.3 is 5.32 Å². The third-order valence-corrected chi connectivity index (χ3v) is 7.75. The summed E-state index contributed by atoms with van der Waals surface area (Å²) in [4.78, 5) is 13.1. The minimum absolute atomic E-state index is 0.0762. The lowest BCUT2D eigenvalue weighted by molar-refractivity contribution is 0.0891. The van der Waals surface area contributed by atoms with Crippen LogP contribution in [0.2, 0.25) is 5.02 Å². The van der Waals surface area contributed by atoms with E-state index in [1.807, 2.05) is 20.8 Å². The van der Waals surface area contributed by atoms with E-state index in [9.17, 15) is 13.2 Å². The summed E-state index contributed by atoms with van der Waals surface area (Å²) in [6, 6.07) is 20.6. The van der Waals surface area contributed by atoms with Gasteiger partial charge in [0.1, 0.15) is 0 Å². The van der Waals surface area contributed by atoms with Crippen molar-refractivity contribution in [3.8, 4) is 0 Å². The fraction of sp³-hybridized carbons (Fsp3) is 0.345. The number of benzene rings is 3. The van der Waals surface area contributed by atoms with Gasteiger partial charge in [-0.05, 0) is 80.1 Å². The second-order valence-corrected chi connectivity index (χ2v) is 13.3. The van der Waals surface area contributed by atoms with E-state index < -0.39 is 10.0 Å². The van der Waals surface area contributed by atoms with Crippen LogP contribution >= 0.6 is 11.6 Å². The number of amides is 1. The van der Waals surface area contributed by atoms with Crippen LogP contribution in [0.5, 0.6) is 0 Å². The van der Waals surface area contributed by atoms with Crippen LogP contribution in [-0.2, 0) is 16.6 Å². The Hall–Kier alpha value is -2.83. The van der Waals surface area contributed by atoms with Crippen molar-refractivity contribution < 1.29 is 13.2 Å². The maximum Gasteiger partial charge on any atom is 0.264 e. The van der Waals surface area contributed by atoms with Gasteiger partial charge in [0.05, 0.1) is 17.1 Å². The highest BCUT2D eigenvalue weighted by atomic mass is 35.5. The third kappa shape index (κ3) is 7.11. The van der Waals surface area contributed by atoms with Crippen molar-refractivity contribution in [2.24, 2.45) is 5.41 Å². The first kappa shape index (κ1) is 27.8. The van der Waals surface area contributed by atoms with Crippen LogP contribution < -0.4 is 9.62 Å². The molecule has 0 unspecified atom stereocenters. The molecule has 0 saturated carbocycles. The van der Waals surface area contributed by atoms with Gasteiger partial charge in [0.2, 0.25) is 0 Å². The monoisotopic (exact) mass is 526 g/mol. The standard InChI is InChI=1S/C29H35ClN2O3S/c1-21-12-17-24(30)18-26(21)32(36(34,35)25-10-8-7-9-11-25)19-22-13-15-23(16-14-22)27(33)31-29(5,6)20-28(2,3)4/h7-18H,19-20H2,1-6H3,(H,31,33). The highest BCUT2D eigenvalue weighted by molar-refractivity contribution is 7.92. The molecule has 0 saturated heterocycles. The minimum Gasteiger partial charge on any atom is -0.347 e. The molecule has 1 amide bonds. The molecule has 0 bridgehead atoms. The predicted octanol–water partition coefficient (Wildman–Crippen LogP) is 6.99. The lowest BCUT2D eigenvalue weighted by atomic mass is 9.81. The number of hydrogen-bond donors (Lipinski definition) is 1. The summed E-state index contributed by atoms with van der Waals surface area (Å²) in [5, 5.41) is 3.57. The average Bonchev–Trinajstić information content (AvgIpc) is 2.78. The largest absolute Gasteiger partial charge is 0.347 e. The Bertz CT molecular complexity index is 1310. The summed E-state index contributed by atoms with van der Waals surface area (Å²) < 4.78 is 28.7. The van der Waals surface area contributed by atoms with Gasteiger partial charge in [0.25, 0.3) is 15.9 Å². The van der Waals surface area contributed by atoms with Gasteiger partial charge in [0.15, 0.2) is 0 Å². The lowest BCUT2D eigenvalue weighted by Crippen LogP contribution is -2.45. The molecule has 3 aromatic rings. The number of carbonyl (C=O) groups is 1. The Balaban J connectivity index is 1.90. The van der Waals surface area contributed by atoms with E-state index in [2.05, 4.69) is 26.1 Å². The SMILES string of the molecule is Cc1ccc(Cl)cc1N(Cc1ccc(C(=O)NC(C)(C)CC(C)(C)C)cc1)S(=O)(=O)c1ccccc1. The molecule has 36 heavy (non-hydrogen) atoms. The Morgan fingerprint density at radius 3 is 2.11 bits per heavy atom. The number of halogens is 1. The molecule has 1 N–H and O–H groups in total. The molecule has 0 atom stereocenters. The van der Waals surface area contributed by atoms with Gasteiger partial charge in [-0.15, -0.1) is 0 Å². The number of anilines is 1. The molecule has 192 valence electrons. The first-order chi connectivity index (χ1) is 16.7. The van der Waals surface area contributed by atoms with Gasteiger partial charge in [-0.1, -0.05) is 68.8 Å². The highest BCUT2D eigenvalue weighted by Gasteiger charge is 2.28. The molecule has 3 rings (SSSR count). The number of carbonyl (C=O) groups excluding carboxylic acids is 1. The van der Waals surface area contributed by atoms with Crippen molar-refractivity contribution in [2.45, 2.75) is 64.9 Å². The first-order valence-electron chi connectivity index (χ1n) is 11.9. The third-order valence-electron chi connectivity index (χ3n) is 5.74. The van der Waals surface area contributed by atoms with Crippen LogP contribution in [-0.4, -0.2) is 19.9 Å². The topological polar surface area (TPSA) is 66.5 Å². The fourth-order valence-corrected chi connectivity index (χ4v) is 6.24. The zero-order chi connectivity index (χ0) is 26.7. The van der Waals surface area contributed by atoms with E-state index in [1.54, 1.807) is 72.8 Å². The van der Waals surface area contributed by atoms with Crippen molar-refractivity contribution >= 4 is 33.2 Å². The van der Waals surface area contributed by atoms with E-state index in [0.717, 1.165) is 17.5 Å². The predicted molar refractivity (Wildman–Crippen MR) is 148 cm³/mol. The summed E-state index contributed by atoms with van der Waals surface area (Å²) in [5.74, 6) is -0.157. The van der Waals surface area contributed by atoms with Crippen molar-refractivity contribution in [3.63, 3.8) is 0 Å². The van der Waals surface area contributed by atoms with Crippen LogP contribution in [0.25, 0.3) is 0 Å². The first-order valence-corrected chi connectivity index (χ1v) is 13.8. The molecule has 0 heterocycles. The minimum atomic E-state index is -3.86. The summed E-state index contributed by atoms with van der Waals surface area (Å²) in [6.45, 7) is 12.4. The molecule has 0 radical (unpaired) electrons. The highest BCUT2D eigenvalue weighted by Crippen LogP contribution is 2.31. The molecule has 0 aliphatic rings. The Morgan fingerprint density at radius 2 is 1.53 bits per heavy atom. The number of nitrogens with one attached hydrogen (secondary N) is 1. The van der Waals surface area contributed by atoms with E-state index in [0.29, 0.717) is 16.3 Å². The molecule has 0 aromatic heterocycles. The van der Waals surface area contributed by atoms with Gasteiger partial charge in [-0.25, -0.2) is 8.42 Å². The zero-order valence-electron chi connectivity index (χ0n) is 21.8. The molecule has 5 nitrogen and oxygen atoms in total. The van der Waals surface area contributed by atoms with Gasteiger partial charge in [0, 0.05) is 16.1 Å². The van der Waals surface area contributed by atoms with Gasteiger partial charge in [-0.3, -0.25) is 9.10 Å². The number of hydrogen-bond acceptors (Lipinski definition) is 3. The number of rotatable bonds is 8. The zero-order valence-corrected chi connectivity index (χ0v) is 23.4. The lowest BCUT2D eigenvalue weighted by Gasteiger charge is -2.33. The van der Waals surface area contributed by atoms with Crippen LogP contribution in [0.1, 0.15) is 62.5 Å². The van der Waals surface area contributed by atoms with Crippen molar-refractivity contribution in [1.82, 2.24) is 5.32 Å². The second kappa shape index (κ2) is 10.7. The number of aryl methyl sites for hydroxylation is 1. The maximum absolute atomic E-state index is 13.7. The number of sulfonamides is 1. The fourth-order valence-electron chi connectivity index (χ4n) is 4.55. The quantitative estimate of drug-likeness (QED) is 0.344. The van der Waals surface area contributed by atoms with Crippen LogP contribution in [0.15, 0.2) is 77.7 Å². The Kier molecular flexibility index (Phi) is 8.21. The molecule has 0 fully saturated rings. The smallest absolute Gasteiger partial charge is 0.264 e. The van der Waals surface area contributed by atoms with Crippen molar-refractivity contribution in [1.29, 1.82) is 0 Å². The summed E-state index contributed by atoms with van der Waals surface area (Å²) >= 11 is 6.24. The molecule has 0 spiro atoms. The Labute approximate surface area is 220 Å². The molecule has 3 aromatic carbocycles. The van der Waals surface area contributed by atoms with Crippen LogP contribution in [0, 0.1) is 12.3 Å². The molecule has 0 aliphatic heterocycles. The van der Waals surface area contributed by atoms with Crippen molar-refractivity contribution in [3.05, 3.63) is 94.5 Å². The normalized spacial score (nSPS) is 12.3. The summed E-state index contributed by atoms with van der Waals surface area (Å²) in [6.07, 6.45) is 0.828. The van der Waals surface area contributed by atoms with E-state index in [4.69, 9.17) is 11.6 Å². The Morgan fingerprint density at radius 1 is 0.917 bits per heavy atom. The molecular weight excluding hydrogens is 492 g/mol. The summed E-state index contributed by atoms with van der Waals surface area (Å²) in [5.41, 5.74) is 2.29. The molecule has 7 heteroatoms.